The van der Waals surface area contributed by atoms with Crippen LogP contribution in [0.25, 0.3) is 0 Å². The largest absolute Gasteiger partial charge is 0.370 e. The van der Waals surface area contributed by atoms with E-state index in [2.05, 4.69) is 33.0 Å². The highest BCUT2D eigenvalue weighted by Crippen LogP contribution is 2.32. The van der Waals surface area contributed by atoms with Gasteiger partial charge in [0.15, 0.2) is 0 Å². The Bertz CT molecular complexity index is 195. The van der Waals surface area contributed by atoms with Gasteiger partial charge in [-0.3, -0.25) is 0 Å². The summed E-state index contributed by atoms with van der Waals surface area (Å²) >= 11 is 0. The topological polar surface area (TPSA) is 21.3 Å². The molecule has 1 N–H and O–H groups in total. The summed E-state index contributed by atoms with van der Waals surface area (Å²) in [6, 6.07) is 0. The molecule has 0 bridgehead atoms. The van der Waals surface area contributed by atoms with Gasteiger partial charge >= 0.3 is 0 Å². The van der Waals surface area contributed by atoms with Crippen molar-refractivity contribution in [3.63, 3.8) is 0 Å². The van der Waals surface area contributed by atoms with E-state index in [4.69, 9.17) is 4.74 Å². The first-order chi connectivity index (χ1) is 8.09. The second-order valence-corrected chi connectivity index (χ2v) is 5.94. The summed E-state index contributed by atoms with van der Waals surface area (Å²) in [5, 5.41) is 3.51. The van der Waals surface area contributed by atoms with Gasteiger partial charge in [0.05, 0.1) is 11.7 Å². The van der Waals surface area contributed by atoms with Gasteiger partial charge in [-0.2, -0.15) is 0 Å². The van der Waals surface area contributed by atoms with Crippen LogP contribution in [0.15, 0.2) is 0 Å². The minimum Gasteiger partial charge on any atom is -0.370 e. The molecule has 17 heavy (non-hydrogen) atoms. The zero-order valence-corrected chi connectivity index (χ0v) is 12.2. The lowest BCUT2D eigenvalue weighted by atomic mass is 9.93. The Kier molecular flexibility index (Phi) is 6.50. The van der Waals surface area contributed by atoms with Crippen molar-refractivity contribution < 1.29 is 4.74 Å². The van der Waals surface area contributed by atoms with Crippen LogP contribution in [0, 0.1) is 5.92 Å². The molecule has 0 radical (unpaired) electrons. The monoisotopic (exact) mass is 241 g/mol. The molecule has 0 spiro atoms. The van der Waals surface area contributed by atoms with E-state index in [1.165, 1.54) is 38.5 Å². The Morgan fingerprint density at radius 3 is 2.12 bits per heavy atom. The fraction of sp³-hybridized carbons (Fsp3) is 1.00. The van der Waals surface area contributed by atoms with Crippen LogP contribution in [0.3, 0.4) is 0 Å². The van der Waals surface area contributed by atoms with Gasteiger partial charge < -0.3 is 10.1 Å². The molecular weight excluding hydrogens is 210 g/mol. The van der Waals surface area contributed by atoms with Gasteiger partial charge in [-0.15, -0.1) is 0 Å². The standard InChI is InChI=1S/C15H31NO/c1-5-16-12-15(17-14(4)13(2)3)10-8-6-7-9-11-15/h13-14,16H,5-12H2,1-4H3. The summed E-state index contributed by atoms with van der Waals surface area (Å²) in [7, 11) is 0. The predicted molar refractivity (Wildman–Crippen MR) is 74.4 cm³/mol. The van der Waals surface area contributed by atoms with E-state index in [9.17, 15) is 0 Å². The third kappa shape index (κ3) is 4.97. The van der Waals surface area contributed by atoms with Gasteiger partial charge in [-0.05, 0) is 32.2 Å². The molecule has 1 rings (SSSR count). The van der Waals surface area contributed by atoms with Crippen molar-refractivity contribution in [1.29, 1.82) is 0 Å². The van der Waals surface area contributed by atoms with Gasteiger partial charge in [0.1, 0.15) is 0 Å². The highest BCUT2D eigenvalue weighted by atomic mass is 16.5. The zero-order chi connectivity index (χ0) is 12.7. The fourth-order valence-corrected chi connectivity index (χ4v) is 2.59. The van der Waals surface area contributed by atoms with E-state index in [1.807, 2.05) is 0 Å². The van der Waals surface area contributed by atoms with E-state index in [0.717, 1.165) is 13.1 Å². The lowest BCUT2D eigenvalue weighted by Gasteiger charge is -2.37. The molecule has 1 atom stereocenters. The van der Waals surface area contributed by atoms with Gasteiger partial charge in [-0.1, -0.05) is 46.5 Å². The quantitative estimate of drug-likeness (QED) is 0.715. The SMILES string of the molecule is CCNCC1(OC(C)C(C)C)CCCCCC1. The van der Waals surface area contributed by atoms with Crippen molar-refractivity contribution in [2.24, 2.45) is 5.92 Å². The van der Waals surface area contributed by atoms with Crippen molar-refractivity contribution in [2.75, 3.05) is 13.1 Å². The molecule has 0 aliphatic heterocycles. The maximum atomic E-state index is 6.46. The van der Waals surface area contributed by atoms with E-state index in [-0.39, 0.29) is 5.60 Å². The highest BCUT2D eigenvalue weighted by Gasteiger charge is 2.33. The van der Waals surface area contributed by atoms with Crippen molar-refractivity contribution >= 4 is 0 Å². The van der Waals surface area contributed by atoms with E-state index in [0.29, 0.717) is 12.0 Å². The molecule has 0 saturated heterocycles. The molecule has 1 aliphatic rings. The normalized spacial score (nSPS) is 22.4. The Hall–Kier alpha value is -0.0800. The number of ether oxygens (including phenoxy) is 1. The van der Waals surface area contributed by atoms with E-state index < -0.39 is 0 Å². The van der Waals surface area contributed by atoms with Crippen LogP contribution in [0.1, 0.15) is 66.2 Å². The van der Waals surface area contributed by atoms with Crippen molar-refractivity contribution in [1.82, 2.24) is 5.32 Å². The predicted octanol–water partition coefficient (Wildman–Crippen LogP) is 3.75. The van der Waals surface area contributed by atoms with Gasteiger partial charge in [0, 0.05) is 6.54 Å². The number of hydrogen-bond donors (Lipinski definition) is 1. The summed E-state index contributed by atoms with van der Waals surface area (Å²) in [4.78, 5) is 0. The zero-order valence-electron chi connectivity index (χ0n) is 12.2. The number of likely N-dealkylation sites (N-methyl/N-ethyl adjacent to an activating group) is 1. The molecule has 1 fully saturated rings. The lowest BCUT2D eigenvalue weighted by molar-refractivity contribution is -0.109. The molecule has 1 unspecified atom stereocenters. The smallest absolute Gasteiger partial charge is 0.0810 e. The van der Waals surface area contributed by atoms with Gasteiger partial charge in [0.25, 0.3) is 0 Å². The number of rotatable bonds is 6. The fourth-order valence-electron chi connectivity index (χ4n) is 2.59. The molecule has 0 amide bonds. The minimum atomic E-state index is 0.107. The molecule has 2 heteroatoms. The van der Waals surface area contributed by atoms with Crippen LogP contribution in [0.5, 0.6) is 0 Å². The Morgan fingerprint density at radius 1 is 1.06 bits per heavy atom. The first-order valence-electron chi connectivity index (χ1n) is 7.48. The van der Waals surface area contributed by atoms with Crippen LogP contribution in [0.4, 0.5) is 0 Å². The second kappa shape index (κ2) is 7.38. The molecule has 0 heterocycles. The maximum absolute atomic E-state index is 6.46. The summed E-state index contributed by atoms with van der Waals surface area (Å²) in [6.07, 6.45) is 8.26. The van der Waals surface area contributed by atoms with E-state index in [1.54, 1.807) is 0 Å². The van der Waals surface area contributed by atoms with Gasteiger partial charge in [-0.25, -0.2) is 0 Å². The third-order valence-electron chi connectivity index (χ3n) is 4.09. The van der Waals surface area contributed by atoms with Crippen molar-refractivity contribution in [3.8, 4) is 0 Å². The third-order valence-corrected chi connectivity index (χ3v) is 4.09. The summed E-state index contributed by atoms with van der Waals surface area (Å²) in [6.45, 7) is 11.0. The van der Waals surface area contributed by atoms with Crippen LogP contribution >= 0.6 is 0 Å². The van der Waals surface area contributed by atoms with E-state index >= 15 is 0 Å². The Morgan fingerprint density at radius 2 is 1.65 bits per heavy atom. The number of hydrogen-bond acceptors (Lipinski definition) is 2. The first-order valence-corrected chi connectivity index (χ1v) is 7.48. The van der Waals surface area contributed by atoms with Gasteiger partial charge in [0.2, 0.25) is 0 Å². The lowest BCUT2D eigenvalue weighted by Crippen LogP contribution is -2.45. The van der Waals surface area contributed by atoms with Crippen LogP contribution in [0.2, 0.25) is 0 Å². The maximum Gasteiger partial charge on any atom is 0.0810 e. The molecule has 0 aromatic rings. The highest BCUT2D eigenvalue weighted by molar-refractivity contribution is 4.86. The molecule has 102 valence electrons. The molecule has 1 saturated carbocycles. The molecule has 2 nitrogen and oxygen atoms in total. The Balaban J connectivity index is 2.62. The first kappa shape index (κ1) is 15.0. The number of nitrogens with one attached hydrogen (secondary N) is 1. The Labute approximate surface area is 108 Å². The molecule has 1 aliphatic carbocycles. The van der Waals surface area contributed by atoms with Crippen LogP contribution in [-0.4, -0.2) is 24.8 Å². The van der Waals surface area contributed by atoms with Crippen molar-refractivity contribution in [3.05, 3.63) is 0 Å². The minimum absolute atomic E-state index is 0.107. The average Bonchev–Trinajstić information content (AvgIpc) is 2.52. The van der Waals surface area contributed by atoms with Crippen LogP contribution in [-0.2, 0) is 4.74 Å². The molecular formula is C15H31NO. The molecule has 0 aromatic heterocycles. The van der Waals surface area contributed by atoms with Crippen molar-refractivity contribution in [2.45, 2.75) is 77.9 Å². The summed E-state index contributed by atoms with van der Waals surface area (Å²) < 4.78 is 6.46. The summed E-state index contributed by atoms with van der Waals surface area (Å²) in [5.41, 5.74) is 0.107. The second-order valence-electron chi connectivity index (χ2n) is 5.94. The molecule has 0 aromatic carbocycles. The summed E-state index contributed by atoms with van der Waals surface area (Å²) in [5.74, 6) is 0.608. The van der Waals surface area contributed by atoms with Crippen LogP contribution < -0.4 is 5.32 Å². The average molecular weight is 241 g/mol.